The van der Waals surface area contributed by atoms with Crippen LogP contribution in [0.1, 0.15) is 18.5 Å². The van der Waals surface area contributed by atoms with Crippen molar-refractivity contribution in [2.45, 2.75) is 25.4 Å². The molecule has 2 fully saturated rings. The molecule has 0 spiro atoms. The van der Waals surface area contributed by atoms with Crippen molar-refractivity contribution in [2.75, 3.05) is 19.6 Å². The molecule has 88 valence electrons. The molecule has 16 heavy (non-hydrogen) atoms. The smallest absolute Gasteiger partial charge is 0.0945 e. The van der Waals surface area contributed by atoms with Gasteiger partial charge >= 0.3 is 0 Å². The van der Waals surface area contributed by atoms with Gasteiger partial charge in [-0.2, -0.15) is 0 Å². The van der Waals surface area contributed by atoms with Gasteiger partial charge in [0.25, 0.3) is 0 Å². The van der Waals surface area contributed by atoms with Crippen LogP contribution in [0.2, 0.25) is 0 Å². The average molecular weight is 220 g/mol. The van der Waals surface area contributed by atoms with E-state index in [0.717, 1.165) is 18.5 Å². The fourth-order valence-electron chi connectivity index (χ4n) is 3.03. The van der Waals surface area contributed by atoms with Gasteiger partial charge in [-0.3, -0.25) is 4.90 Å². The maximum atomic E-state index is 4.18. The Labute approximate surface area is 96.7 Å². The predicted octanol–water partition coefficient (Wildman–Crippen LogP) is 0.604. The summed E-state index contributed by atoms with van der Waals surface area (Å²) in [6.07, 6.45) is 6.62. The van der Waals surface area contributed by atoms with Crippen LogP contribution >= 0.6 is 0 Å². The Balaban J connectivity index is 1.63. The molecule has 4 nitrogen and oxygen atoms in total. The summed E-state index contributed by atoms with van der Waals surface area (Å²) >= 11 is 0. The summed E-state index contributed by atoms with van der Waals surface area (Å²) in [5.41, 5.74) is 1.32. The quantitative estimate of drug-likeness (QED) is 0.792. The number of imidazole rings is 1. The first-order valence-corrected chi connectivity index (χ1v) is 6.24. The van der Waals surface area contributed by atoms with E-state index in [2.05, 4.69) is 26.8 Å². The van der Waals surface area contributed by atoms with Crippen LogP contribution in [0.25, 0.3) is 0 Å². The molecule has 1 aromatic rings. The zero-order chi connectivity index (χ0) is 11.0. The molecule has 0 aliphatic carbocycles. The number of aromatic nitrogens is 2. The van der Waals surface area contributed by atoms with Crippen molar-refractivity contribution in [3.05, 3.63) is 18.2 Å². The van der Waals surface area contributed by atoms with Gasteiger partial charge in [-0.15, -0.1) is 0 Å². The van der Waals surface area contributed by atoms with E-state index < -0.39 is 0 Å². The van der Waals surface area contributed by atoms with E-state index in [-0.39, 0.29) is 0 Å². The summed E-state index contributed by atoms with van der Waals surface area (Å²) in [5, 5.41) is 3.64. The van der Waals surface area contributed by atoms with Gasteiger partial charge in [0.2, 0.25) is 0 Å². The third kappa shape index (κ3) is 1.87. The number of piperidine rings is 1. The monoisotopic (exact) mass is 220 g/mol. The summed E-state index contributed by atoms with van der Waals surface area (Å²) in [4.78, 5) is 6.74. The van der Waals surface area contributed by atoms with E-state index in [1.165, 1.54) is 38.2 Å². The van der Waals surface area contributed by atoms with Gasteiger partial charge in [0, 0.05) is 38.9 Å². The molecule has 1 aromatic heterocycles. The first-order chi connectivity index (χ1) is 7.83. The average Bonchev–Trinajstić information content (AvgIpc) is 2.85. The number of aryl methyl sites for hydroxylation is 1. The van der Waals surface area contributed by atoms with Gasteiger partial charge in [0.15, 0.2) is 0 Å². The van der Waals surface area contributed by atoms with Gasteiger partial charge in [-0.25, -0.2) is 4.98 Å². The molecule has 0 aromatic carbocycles. The Kier molecular flexibility index (Phi) is 2.69. The Morgan fingerprint density at radius 1 is 1.50 bits per heavy atom. The molecule has 2 aliphatic rings. The molecule has 3 rings (SSSR count). The van der Waals surface area contributed by atoms with Crippen molar-refractivity contribution in [2.24, 2.45) is 13.0 Å². The molecule has 2 atom stereocenters. The molecule has 1 N–H and O–H groups in total. The van der Waals surface area contributed by atoms with Crippen LogP contribution < -0.4 is 5.32 Å². The summed E-state index contributed by atoms with van der Waals surface area (Å²) in [6, 6.07) is 0.738. The second-order valence-electron chi connectivity index (χ2n) is 5.15. The van der Waals surface area contributed by atoms with Gasteiger partial charge < -0.3 is 9.88 Å². The second kappa shape index (κ2) is 4.18. The van der Waals surface area contributed by atoms with Crippen LogP contribution in [0.4, 0.5) is 0 Å². The van der Waals surface area contributed by atoms with Crippen molar-refractivity contribution in [1.82, 2.24) is 19.8 Å². The molecule has 0 unspecified atom stereocenters. The Hall–Kier alpha value is -0.870. The standard InChI is InChI=1S/C12H20N4/c1-15-9-13-5-11(15)7-16-6-10-3-2-4-14-12(10)8-16/h5,9-10,12,14H,2-4,6-8H2,1H3/t10-,12+/m0/s1. The summed E-state index contributed by atoms with van der Waals surface area (Å²) in [7, 11) is 2.07. The van der Waals surface area contributed by atoms with Crippen molar-refractivity contribution in [3.63, 3.8) is 0 Å². The molecule has 2 saturated heterocycles. The number of rotatable bonds is 2. The van der Waals surface area contributed by atoms with Gasteiger partial charge in [0.1, 0.15) is 0 Å². The van der Waals surface area contributed by atoms with Crippen LogP contribution in [0, 0.1) is 5.92 Å². The first kappa shape index (κ1) is 10.3. The van der Waals surface area contributed by atoms with Crippen LogP contribution in [0.3, 0.4) is 0 Å². The van der Waals surface area contributed by atoms with Crippen molar-refractivity contribution < 1.29 is 0 Å². The number of hydrogen-bond donors (Lipinski definition) is 1. The summed E-state index contributed by atoms with van der Waals surface area (Å²) in [6.45, 7) is 4.71. The van der Waals surface area contributed by atoms with Crippen molar-refractivity contribution in [3.8, 4) is 0 Å². The number of nitrogens with zero attached hydrogens (tertiary/aromatic N) is 3. The first-order valence-electron chi connectivity index (χ1n) is 6.24. The highest BCUT2D eigenvalue weighted by Gasteiger charge is 2.34. The van der Waals surface area contributed by atoms with Crippen molar-refractivity contribution >= 4 is 0 Å². The summed E-state index contributed by atoms with van der Waals surface area (Å²) < 4.78 is 2.12. The zero-order valence-electron chi connectivity index (χ0n) is 9.89. The second-order valence-corrected chi connectivity index (χ2v) is 5.15. The maximum Gasteiger partial charge on any atom is 0.0945 e. The highest BCUT2D eigenvalue weighted by atomic mass is 15.2. The number of fused-ring (bicyclic) bond motifs is 1. The van der Waals surface area contributed by atoms with E-state index in [1.807, 2.05) is 12.5 Å². The number of hydrogen-bond acceptors (Lipinski definition) is 3. The lowest BCUT2D eigenvalue weighted by molar-refractivity contribution is 0.306. The molecule has 0 radical (unpaired) electrons. The van der Waals surface area contributed by atoms with Crippen molar-refractivity contribution in [1.29, 1.82) is 0 Å². The molecule has 0 amide bonds. The maximum absolute atomic E-state index is 4.18. The molecule has 4 heteroatoms. The summed E-state index contributed by atoms with van der Waals surface area (Å²) in [5.74, 6) is 0.877. The Morgan fingerprint density at radius 3 is 3.19 bits per heavy atom. The lowest BCUT2D eigenvalue weighted by Crippen LogP contribution is -2.40. The predicted molar refractivity (Wildman–Crippen MR) is 63.0 cm³/mol. The highest BCUT2D eigenvalue weighted by Crippen LogP contribution is 2.25. The van der Waals surface area contributed by atoms with Gasteiger partial charge in [-0.05, 0) is 25.3 Å². The molecular formula is C12H20N4. The lowest BCUT2D eigenvalue weighted by Gasteiger charge is -2.24. The van der Waals surface area contributed by atoms with E-state index in [9.17, 15) is 0 Å². The Bertz CT molecular complexity index is 346. The van der Waals surface area contributed by atoms with Crippen LogP contribution in [0.15, 0.2) is 12.5 Å². The minimum absolute atomic E-state index is 0.738. The fraction of sp³-hybridized carbons (Fsp3) is 0.750. The van der Waals surface area contributed by atoms with Gasteiger partial charge in [0.05, 0.1) is 12.0 Å². The van der Waals surface area contributed by atoms with E-state index >= 15 is 0 Å². The van der Waals surface area contributed by atoms with Gasteiger partial charge in [-0.1, -0.05) is 0 Å². The third-order valence-electron chi connectivity index (χ3n) is 3.98. The van der Waals surface area contributed by atoms with Crippen LogP contribution in [-0.4, -0.2) is 40.1 Å². The number of likely N-dealkylation sites (tertiary alicyclic amines) is 1. The molecule has 3 heterocycles. The fourth-order valence-corrected chi connectivity index (χ4v) is 3.03. The normalized spacial score (nSPS) is 30.6. The van der Waals surface area contributed by atoms with E-state index in [0.29, 0.717) is 0 Å². The lowest BCUT2D eigenvalue weighted by atomic mass is 9.94. The largest absolute Gasteiger partial charge is 0.337 e. The minimum Gasteiger partial charge on any atom is -0.337 e. The minimum atomic E-state index is 0.738. The number of nitrogens with one attached hydrogen (secondary N) is 1. The zero-order valence-corrected chi connectivity index (χ0v) is 9.89. The SMILES string of the molecule is Cn1cncc1CN1C[C@@H]2CCCN[C@@H]2C1. The van der Waals surface area contributed by atoms with E-state index in [1.54, 1.807) is 0 Å². The van der Waals surface area contributed by atoms with E-state index in [4.69, 9.17) is 0 Å². The molecule has 2 aliphatic heterocycles. The molecule has 0 bridgehead atoms. The van der Waals surface area contributed by atoms with Crippen LogP contribution in [-0.2, 0) is 13.6 Å². The third-order valence-corrected chi connectivity index (χ3v) is 3.98. The molecule has 0 saturated carbocycles. The van der Waals surface area contributed by atoms with Crippen LogP contribution in [0.5, 0.6) is 0 Å². The molecular weight excluding hydrogens is 200 g/mol. The Morgan fingerprint density at radius 2 is 2.44 bits per heavy atom. The highest BCUT2D eigenvalue weighted by molar-refractivity contribution is 5.00. The topological polar surface area (TPSA) is 33.1 Å².